The molecule has 2 saturated heterocycles. The summed E-state index contributed by atoms with van der Waals surface area (Å²) in [6.45, 7) is 6.50. The first-order chi connectivity index (χ1) is 33.5. The Balaban J connectivity index is 1.96. The van der Waals surface area contributed by atoms with Gasteiger partial charge in [0.1, 0.15) is 18.2 Å². The Kier molecular flexibility index (Phi) is 26.7. The molecule has 18 atom stereocenters. The van der Waals surface area contributed by atoms with Gasteiger partial charge in [-0.25, -0.2) is 4.79 Å². The molecule has 7 unspecified atom stereocenters. The number of esters is 2. The molecule has 2 fully saturated rings. The lowest BCUT2D eigenvalue weighted by atomic mass is 9.81. The molecule has 3 rings (SSSR count). The van der Waals surface area contributed by atoms with E-state index in [4.69, 9.17) is 29.4 Å². The normalized spacial score (nSPS) is 40.9. The van der Waals surface area contributed by atoms with Gasteiger partial charge in [-0.3, -0.25) is 9.59 Å². The summed E-state index contributed by atoms with van der Waals surface area (Å²) in [4.78, 5) is 39.3. The number of carbonyl (C=O) groups is 3. The summed E-state index contributed by atoms with van der Waals surface area (Å²) in [5.41, 5.74) is 6.02. The molecular formula is C51H80N2O18. The largest absolute Gasteiger partial charge is 0.467 e. The van der Waals surface area contributed by atoms with E-state index in [1.54, 1.807) is 93.7 Å². The predicted molar refractivity (Wildman–Crippen MR) is 259 cm³/mol. The van der Waals surface area contributed by atoms with Crippen LogP contribution in [0.3, 0.4) is 0 Å². The number of aliphatic hydroxyl groups is 10. The molecule has 3 aliphatic rings. The zero-order chi connectivity index (χ0) is 52.8. The fourth-order valence-corrected chi connectivity index (χ4v) is 8.38. The molecule has 71 heavy (non-hydrogen) atoms. The number of fused-ring (bicyclic) bond motifs is 2. The molecule has 3 aliphatic heterocycles. The number of hydrogen-bond acceptors (Lipinski definition) is 19. The van der Waals surface area contributed by atoms with E-state index in [2.05, 4.69) is 5.32 Å². The maximum absolute atomic E-state index is 14.1. The van der Waals surface area contributed by atoms with Crippen LogP contribution in [0.1, 0.15) is 85.5 Å². The van der Waals surface area contributed by atoms with Crippen LogP contribution in [0.5, 0.6) is 0 Å². The van der Waals surface area contributed by atoms with Crippen molar-refractivity contribution in [1.29, 1.82) is 0 Å². The first-order valence-electron chi connectivity index (χ1n) is 24.3. The minimum Gasteiger partial charge on any atom is -0.467 e. The van der Waals surface area contributed by atoms with Crippen molar-refractivity contribution in [2.24, 2.45) is 23.5 Å². The van der Waals surface area contributed by atoms with Crippen LogP contribution in [-0.4, -0.2) is 180 Å². The lowest BCUT2D eigenvalue weighted by Gasteiger charge is -2.46. The van der Waals surface area contributed by atoms with Crippen LogP contribution < -0.4 is 11.1 Å². The van der Waals surface area contributed by atoms with Crippen molar-refractivity contribution in [3.63, 3.8) is 0 Å². The van der Waals surface area contributed by atoms with Crippen molar-refractivity contribution in [1.82, 2.24) is 5.32 Å². The number of ether oxygens (including phenoxy) is 5. The van der Waals surface area contributed by atoms with Crippen LogP contribution in [0.4, 0.5) is 0 Å². The summed E-state index contributed by atoms with van der Waals surface area (Å²) in [5, 5.41) is 112. The van der Waals surface area contributed by atoms with Crippen LogP contribution >= 0.6 is 0 Å². The number of allylic oxidation sites excluding steroid dienone is 12. The lowest BCUT2D eigenvalue weighted by molar-refractivity contribution is -0.304. The van der Waals surface area contributed by atoms with Crippen LogP contribution in [0.15, 0.2) is 85.1 Å². The Morgan fingerprint density at radius 1 is 0.718 bits per heavy atom. The number of hydrogen-bond donors (Lipinski definition) is 12. The highest BCUT2D eigenvalue weighted by Crippen LogP contribution is 2.38. The number of nitrogens with two attached hydrogens (primary N) is 1. The molecule has 2 bridgehead atoms. The smallest absolute Gasteiger partial charge is 0.328 e. The number of cyclic esters (lactones) is 1. The third-order valence-electron chi connectivity index (χ3n) is 12.5. The number of carbonyl (C=O) groups excluding carboxylic acids is 3. The van der Waals surface area contributed by atoms with Crippen molar-refractivity contribution < 1.29 is 89.1 Å². The average Bonchev–Trinajstić information content (AvgIpc) is 3.28. The Hall–Kier alpha value is -3.97. The molecule has 0 spiro atoms. The molecule has 0 aromatic heterocycles. The van der Waals surface area contributed by atoms with Gasteiger partial charge in [-0.2, -0.15) is 0 Å². The number of aliphatic hydroxyl groups excluding tert-OH is 9. The summed E-state index contributed by atoms with van der Waals surface area (Å²) in [5.74, 6) is -6.87. The van der Waals surface area contributed by atoms with E-state index < -0.39 is 153 Å². The number of amides is 1. The van der Waals surface area contributed by atoms with E-state index in [0.717, 1.165) is 7.11 Å². The first kappa shape index (κ1) is 61.3. The summed E-state index contributed by atoms with van der Waals surface area (Å²) >= 11 is 0. The Morgan fingerprint density at radius 3 is 1.90 bits per heavy atom. The molecule has 0 aromatic carbocycles. The zero-order valence-corrected chi connectivity index (χ0v) is 41.4. The SMILES string of the molecule is COC(=O)[C@@H](NC(=O)[C@H]1[C@@H]2CC(O[C@@H]3OC[C@@H](O)[C@H](N)[C@@H]3O)/C=C/C=C/C=C/C=C/C=C/C=C/C=C/[C@H](C)[C@@H](O)C[C@H](C)OC(=O)CC(O)CC(O)CCC(O)C(O)CC(O)CC(O)(C[C@@H]1O)O2)C(C)C. The molecule has 402 valence electrons. The summed E-state index contributed by atoms with van der Waals surface area (Å²) in [6.07, 6.45) is 4.44. The maximum atomic E-state index is 14.1. The highest BCUT2D eigenvalue weighted by atomic mass is 16.7. The van der Waals surface area contributed by atoms with Crippen LogP contribution in [0, 0.1) is 17.8 Å². The van der Waals surface area contributed by atoms with E-state index in [1.807, 2.05) is 13.0 Å². The van der Waals surface area contributed by atoms with Gasteiger partial charge in [-0.1, -0.05) is 106 Å². The van der Waals surface area contributed by atoms with Gasteiger partial charge in [0.15, 0.2) is 12.1 Å². The van der Waals surface area contributed by atoms with E-state index in [1.165, 1.54) is 6.08 Å². The molecular weight excluding hydrogens is 929 g/mol. The minimum absolute atomic E-state index is 0.116. The number of nitrogens with one attached hydrogen (secondary N) is 1. The maximum Gasteiger partial charge on any atom is 0.328 e. The topological polar surface area (TPSA) is 338 Å². The van der Waals surface area contributed by atoms with E-state index in [9.17, 15) is 65.4 Å². The fourth-order valence-electron chi connectivity index (χ4n) is 8.38. The van der Waals surface area contributed by atoms with Crippen molar-refractivity contribution in [2.45, 2.75) is 183 Å². The van der Waals surface area contributed by atoms with Gasteiger partial charge < -0.3 is 85.8 Å². The van der Waals surface area contributed by atoms with Crippen molar-refractivity contribution in [3.8, 4) is 0 Å². The van der Waals surface area contributed by atoms with Gasteiger partial charge in [-0.15, -0.1) is 0 Å². The second-order valence-corrected chi connectivity index (χ2v) is 19.1. The third kappa shape index (κ3) is 21.6. The lowest BCUT2D eigenvalue weighted by Crippen LogP contribution is -2.60. The molecule has 0 radical (unpaired) electrons. The number of rotatable bonds is 6. The van der Waals surface area contributed by atoms with Gasteiger partial charge in [0.25, 0.3) is 0 Å². The van der Waals surface area contributed by atoms with Gasteiger partial charge >= 0.3 is 11.9 Å². The Morgan fingerprint density at radius 2 is 1.31 bits per heavy atom. The first-order valence-corrected chi connectivity index (χ1v) is 24.3. The van der Waals surface area contributed by atoms with Crippen molar-refractivity contribution in [2.75, 3.05) is 13.7 Å². The fraction of sp³-hybridized carbons (Fsp3) is 0.667. The summed E-state index contributed by atoms with van der Waals surface area (Å²) < 4.78 is 28.2. The third-order valence-corrected chi connectivity index (χ3v) is 12.5. The van der Waals surface area contributed by atoms with E-state index >= 15 is 0 Å². The second kappa shape index (κ2) is 30.9. The predicted octanol–water partition coefficient (Wildman–Crippen LogP) is 0.306. The van der Waals surface area contributed by atoms with Crippen molar-refractivity contribution >= 4 is 17.8 Å². The summed E-state index contributed by atoms with van der Waals surface area (Å²) in [7, 11) is 1.15. The van der Waals surface area contributed by atoms with Crippen LogP contribution in [0.2, 0.25) is 0 Å². The standard InChI is InChI=1S/C51H80N2O18/c1-30(2)46(49(65)67-5)53-48(64)44-40(60)28-51(66)27-35(56)24-39(59)37(57)21-20-33(54)23-34(55)25-43(62)69-32(4)22-38(58)31(3)18-16-14-12-10-8-6-7-9-11-13-15-17-19-36(26-42(44)71-51)70-50-47(63)45(52)41(61)29-68-50/h6-19,30-42,44-47,50,54-61,63,66H,20-29,52H2,1-5H3,(H,53,64)/b7-6+,10-8+,11-9+,14-12+,15-13+,18-16+,19-17+/t31-,32-,33?,34?,35?,36?,37?,38-,39?,40-,41+,42-,44+,45-,46-,47-,50-,51?/m0/s1. The highest BCUT2D eigenvalue weighted by Gasteiger charge is 2.51. The average molecular weight is 1010 g/mol. The van der Waals surface area contributed by atoms with Gasteiger partial charge in [0.05, 0.1) is 93.1 Å². The molecule has 0 aliphatic carbocycles. The molecule has 20 nitrogen and oxygen atoms in total. The second-order valence-electron chi connectivity index (χ2n) is 19.1. The van der Waals surface area contributed by atoms with E-state index in [-0.39, 0.29) is 44.6 Å². The van der Waals surface area contributed by atoms with Gasteiger partial charge in [-0.05, 0) is 32.1 Å². The Bertz CT molecular complexity index is 1840. The molecule has 3 heterocycles. The molecule has 0 saturated carbocycles. The summed E-state index contributed by atoms with van der Waals surface area (Å²) in [6, 6.07) is -2.29. The highest BCUT2D eigenvalue weighted by molar-refractivity contribution is 5.86. The van der Waals surface area contributed by atoms with Gasteiger partial charge in [0, 0.05) is 38.0 Å². The minimum atomic E-state index is -2.36. The van der Waals surface area contributed by atoms with Gasteiger partial charge in [0.2, 0.25) is 5.91 Å². The van der Waals surface area contributed by atoms with Crippen LogP contribution in [0.25, 0.3) is 0 Å². The monoisotopic (exact) mass is 1010 g/mol. The molecule has 0 aromatic rings. The Labute approximate surface area is 416 Å². The van der Waals surface area contributed by atoms with Crippen LogP contribution in [-0.2, 0) is 38.1 Å². The zero-order valence-electron chi connectivity index (χ0n) is 41.4. The van der Waals surface area contributed by atoms with E-state index in [0.29, 0.717) is 0 Å². The quantitative estimate of drug-likeness (QED) is 0.159. The molecule has 20 heteroatoms. The van der Waals surface area contributed by atoms with Crippen molar-refractivity contribution in [3.05, 3.63) is 85.1 Å². The molecule has 1 amide bonds. The molecule has 13 N–H and O–H groups in total. The number of methoxy groups -OCH3 is 1.